The van der Waals surface area contributed by atoms with Crippen molar-refractivity contribution in [2.75, 3.05) is 44.2 Å². The summed E-state index contributed by atoms with van der Waals surface area (Å²) in [5, 5.41) is 0. The summed E-state index contributed by atoms with van der Waals surface area (Å²) in [5.74, 6) is 2.62. The van der Waals surface area contributed by atoms with Crippen LogP contribution in [0.3, 0.4) is 0 Å². The SMILES string of the molecule is CCCCCOCC(CCCCCSC)COCCCCSO. The zero-order valence-corrected chi connectivity index (χ0v) is 16.9. The maximum atomic E-state index is 8.69. The lowest BCUT2D eigenvalue weighted by molar-refractivity contribution is 0.0332. The van der Waals surface area contributed by atoms with Crippen molar-refractivity contribution < 1.29 is 14.0 Å². The standard InChI is InChI=1S/C18H38O3S2/c1-3-4-7-12-20-16-18(11-6-5-9-14-22-2)17-21-13-8-10-15-23-19/h18-19H,3-17H2,1-2H3. The van der Waals surface area contributed by atoms with Crippen LogP contribution in [-0.2, 0) is 9.47 Å². The minimum absolute atomic E-state index is 0.540. The van der Waals surface area contributed by atoms with Crippen molar-refractivity contribution in [2.45, 2.75) is 64.7 Å². The molecule has 0 aromatic heterocycles. The van der Waals surface area contributed by atoms with Gasteiger partial charge in [0.1, 0.15) is 0 Å². The Balaban J connectivity index is 3.73. The highest BCUT2D eigenvalue weighted by Gasteiger charge is 2.09. The van der Waals surface area contributed by atoms with Crippen molar-refractivity contribution in [3.8, 4) is 0 Å². The van der Waals surface area contributed by atoms with Crippen LogP contribution < -0.4 is 0 Å². The topological polar surface area (TPSA) is 38.7 Å². The molecular weight excluding hydrogens is 328 g/mol. The molecule has 1 atom stereocenters. The minimum atomic E-state index is 0.540. The van der Waals surface area contributed by atoms with E-state index in [-0.39, 0.29) is 0 Å². The lowest BCUT2D eigenvalue weighted by atomic mass is 10.0. The van der Waals surface area contributed by atoms with Crippen molar-refractivity contribution in [1.82, 2.24) is 0 Å². The Morgan fingerprint density at radius 1 is 0.826 bits per heavy atom. The van der Waals surface area contributed by atoms with Crippen LogP contribution in [0.25, 0.3) is 0 Å². The number of ether oxygens (including phenoxy) is 2. The number of hydrogen-bond acceptors (Lipinski definition) is 5. The van der Waals surface area contributed by atoms with Gasteiger partial charge in [0.05, 0.1) is 13.2 Å². The molecule has 0 saturated carbocycles. The van der Waals surface area contributed by atoms with Crippen molar-refractivity contribution in [3.05, 3.63) is 0 Å². The third-order valence-corrected chi connectivity index (χ3v) is 5.00. The van der Waals surface area contributed by atoms with Gasteiger partial charge in [-0.1, -0.05) is 32.6 Å². The molecule has 0 aromatic rings. The molecule has 0 saturated heterocycles. The third kappa shape index (κ3) is 18.8. The lowest BCUT2D eigenvalue weighted by Crippen LogP contribution is -2.17. The van der Waals surface area contributed by atoms with Gasteiger partial charge in [0.15, 0.2) is 0 Å². The van der Waals surface area contributed by atoms with Gasteiger partial charge in [-0.05, 0) is 56.2 Å². The average molecular weight is 367 g/mol. The molecule has 0 bridgehead atoms. The normalized spacial score (nSPS) is 12.7. The molecule has 3 nitrogen and oxygen atoms in total. The third-order valence-electron chi connectivity index (χ3n) is 3.83. The Labute approximate surface area is 152 Å². The Bertz CT molecular complexity index is 204. The first kappa shape index (κ1) is 23.6. The van der Waals surface area contributed by atoms with Crippen LogP contribution in [0.2, 0.25) is 0 Å². The number of hydrogen-bond donors (Lipinski definition) is 1. The number of rotatable bonds is 19. The molecule has 1 N–H and O–H groups in total. The smallest absolute Gasteiger partial charge is 0.0516 e. The molecule has 1 unspecified atom stereocenters. The highest BCUT2D eigenvalue weighted by molar-refractivity contribution is 7.98. The van der Waals surface area contributed by atoms with E-state index in [0.29, 0.717) is 5.92 Å². The van der Waals surface area contributed by atoms with Crippen LogP contribution in [0.4, 0.5) is 0 Å². The molecule has 0 aliphatic carbocycles. The van der Waals surface area contributed by atoms with Gasteiger partial charge in [-0.3, -0.25) is 0 Å². The summed E-state index contributed by atoms with van der Waals surface area (Å²) in [6, 6.07) is 0. The highest BCUT2D eigenvalue weighted by Crippen LogP contribution is 2.13. The van der Waals surface area contributed by atoms with Gasteiger partial charge in [0.25, 0.3) is 0 Å². The molecule has 0 fully saturated rings. The second kappa shape index (κ2) is 20.6. The zero-order chi connectivity index (χ0) is 17.0. The number of thioether (sulfide) groups is 1. The largest absolute Gasteiger partial charge is 0.381 e. The van der Waals surface area contributed by atoms with Crippen LogP contribution in [0.5, 0.6) is 0 Å². The van der Waals surface area contributed by atoms with Gasteiger partial charge in [-0.2, -0.15) is 11.8 Å². The molecule has 0 radical (unpaired) electrons. The van der Waals surface area contributed by atoms with Crippen LogP contribution in [0.15, 0.2) is 0 Å². The van der Waals surface area contributed by atoms with Crippen molar-refractivity contribution in [2.24, 2.45) is 5.92 Å². The Morgan fingerprint density at radius 3 is 2.09 bits per heavy atom. The Hall–Kier alpha value is 0.580. The summed E-state index contributed by atoms with van der Waals surface area (Å²) < 4.78 is 20.4. The van der Waals surface area contributed by atoms with E-state index < -0.39 is 0 Å². The Morgan fingerprint density at radius 2 is 1.48 bits per heavy atom. The monoisotopic (exact) mass is 366 g/mol. The maximum absolute atomic E-state index is 8.69. The van der Waals surface area contributed by atoms with E-state index in [1.54, 1.807) is 0 Å². The van der Waals surface area contributed by atoms with Crippen molar-refractivity contribution in [1.29, 1.82) is 0 Å². The van der Waals surface area contributed by atoms with Crippen LogP contribution in [0.1, 0.15) is 64.7 Å². The fourth-order valence-corrected chi connectivity index (χ4v) is 3.22. The summed E-state index contributed by atoms with van der Waals surface area (Å²) in [7, 11) is 0. The summed E-state index contributed by atoms with van der Waals surface area (Å²) in [6.07, 6.45) is 13.1. The van der Waals surface area contributed by atoms with Gasteiger partial charge >= 0.3 is 0 Å². The molecule has 23 heavy (non-hydrogen) atoms. The first-order chi connectivity index (χ1) is 11.3. The molecule has 0 amide bonds. The van der Waals surface area contributed by atoms with Crippen LogP contribution in [-0.4, -0.2) is 48.7 Å². The van der Waals surface area contributed by atoms with Gasteiger partial charge < -0.3 is 14.0 Å². The quantitative estimate of drug-likeness (QED) is 0.233. The van der Waals surface area contributed by atoms with E-state index >= 15 is 0 Å². The van der Waals surface area contributed by atoms with Crippen molar-refractivity contribution >= 4 is 23.8 Å². The van der Waals surface area contributed by atoms with E-state index in [1.807, 2.05) is 11.8 Å². The van der Waals surface area contributed by atoms with Crippen LogP contribution >= 0.6 is 23.8 Å². The average Bonchev–Trinajstić information content (AvgIpc) is 2.56. The highest BCUT2D eigenvalue weighted by atomic mass is 32.2. The summed E-state index contributed by atoms with van der Waals surface area (Å²) in [4.78, 5) is 0. The second-order valence-electron chi connectivity index (χ2n) is 6.11. The fraction of sp³-hybridized carbons (Fsp3) is 1.00. The molecule has 140 valence electrons. The second-order valence-corrected chi connectivity index (χ2v) is 7.76. The van der Waals surface area contributed by atoms with E-state index in [4.69, 9.17) is 14.0 Å². The summed E-state index contributed by atoms with van der Waals surface area (Å²) in [5.41, 5.74) is 0. The molecule has 0 aromatic carbocycles. The molecule has 0 spiro atoms. The molecular formula is C18H38O3S2. The Kier molecular flexibility index (Phi) is 21.1. The fourth-order valence-electron chi connectivity index (χ4n) is 2.40. The molecule has 0 heterocycles. The predicted molar refractivity (Wildman–Crippen MR) is 106 cm³/mol. The van der Waals surface area contributed by atoms with Gasteiger partial charge in [0, 0.05) is 24.9 Å². The van der Waals surface area contributed by atoms with Gasteiger partial charge in [-0.15, -0.1) is 0 Å². The predicted octanol–water partition coefficient (Wildman–Crippen LogP) is 5.74. The molecule has 0 aliphatic heterocycles. The molecule has 0 aliphatic rings. The number of unbranched alkanes of at least 4 members (excludes halogenated alkanes) is 5. The summed E-state index contributed by atoms with van der Waals surface area (Å²) >= 11 is 2.86. The molecule has 5 heteroatoms. The first-order valence-electron chi connectivity index (χ1n) is 9.25. The van der Waals surface area contributed by atoms with E-state index in [1.165, 1.54) is 50.7 Å². The van der Waals surface area contributed by atoms with E-state index in [0.717, 1.165) is 57.1 Å². The van der Waals surface area contributed by atoms with E-state index in [2.05, 4.69) is 13.2 Å². The van der Waals surface area contributed by atoms with Crippen LogP contribution in [0, 0.1) is 5.92 Å². The molecule has 0 rings (SSSR count). The van der Waals surface area contributed by atoms with Gasteiger partial charge in [-0.25, -0.2) is 0 Å². The summed E-state index contributed by atoms with van der Waals surface area (Å²) in [6.45, 7) is 5.59. The van der Waals surface area contributed by atoms with Crippen molar-refractivity contribution in [3.63, 3.8) is 0 Å². The van der Waals surface area contributed by atoms with Gasteiger partial charge in [0.2, 0.25) is 0 Å². The first-order valence-corrected chi connectivity index (χ1v) is 11.6. The van der Waals surface area contributed by atoms with E-state index in [9.17, 15) is 0 Å². The maximum Gasteiger partial charge on any atom is 0.0516 e. The zero-order valence-electron chi connectivity index (χ0n) is 15.3. The minimum Gasteiger partial charge on any atom is -0.381 e. The lowest BCUT2D eigenvalue weighted by Gasteiger charge is -2.17.